The van der Waals surface area contributed by atoms with Gasteiger partial charge in [0.25, 0.3) is 11.8 Å². The summed E-state index contributed by atoms with van der Waals surface area (Å²) in [7, 11) is 0. The highest BCUT2D eigenvalue weighted by Gasteiger charge is 2.16. The van der Waals surface area contributed by atoms with Gasteiger partial charge in [0.05, 0.1) is 23.3 Å². The Hall–Kier alpha value is -3.10. The third kappa shape index (κ3) is 7.21. The Morgan fingerprint density at radius 3 is 2.50 bits per heavy atom. The molecule has 0 unspecified atom stereocenters. The molecule has 36 heavy (non-hydrogen) atoms. The average Bonchev–Trinajstić information content (AvgIpc) is 3.37. The van der Waals surface area contributed by atoms with Crippen molar-refractivity contribution in [3.63, 3.8) is 0 Å². The summed E-state index contributed by atoms with van der Waals surface area (Å²) >= 11 is 12.1. The zero-order valence-electron chi connectivity index (χ0n) is 19.6. The lowest BCUT2D eigenvalue weighted by Crippen LogP contribution is -2.39. The van der Waals surface area contributed by atoms with Gasteiger partial charge in [0.2, 0.25) is 0 Å². The molecule has 0 atom stereocenters. The van der Waals surface area contributed by atoms with Crippen LogP contribution in [0.5, 0.6) is 0 Å². The fraction of sp³-hybridized carbons (Fsp3) is 0.259. The molecule has 0 bridgehead atoms. The standard InChI is InChI=1S/C27H27Cl2N3O4/c28-22-9-7-20(17-23(22)29)25-10-8-21(36-25)18-24(31-26(33)19-5-2-1-3-6-19)27(34)30-11-4-12-32-13-15-35-16-14-32/h1-3,5-10,17-18H,4,11-16H2,(H,30,34)(H,31,33). The Morgan fingerprint density at radius 2 is 1.75 bits per heavy atom. The Bertz CT molecular complexity index is 1220. The SMILES string of the molecule is O=C(NCCCN1CCOCC1)C(=Cc1ccc(-c2ccc(Cl)c(Cl)c2)o1)NC(=O)c1ccccc1. The van der Waals surface area contributed by atoms with Crippen LogP contribution in [0, 0.1) is 0 Å². The monoisotopic (exact) mass is 527 g/mol. The van der Waals surface area contributed by atoms with Gasteiger partial charge in [0.1, 0.15) is 17.2 Å². The maximum Gasteiger partial charge on any atom is 0.267 e. The van der Waals surface area contributed by atoms with Gasteiger partial charge in [-0.15, -0.1) is 0 Å². The lowest BCUT2D eigenvalue weighted by molar-refractivity contribution is -0.117. The van der Waals surface area contributed by atoms with Crippen LogP contribution >= 0.6 is 23.2 Å². The van der Waals surface area contributed by atoms with E-state index in [1.165, 1.54) is 6.08 Å². The molecule has 7 nitrogen and oxygen atoms in total. The van der Waals surface area contributed by atoms with Crippen LogP contribution in [0.1, 0.15) is 22.5 Å². The number of furan rings is 1. The van der Waals surface area contributed by atoms with Crippen molar-refractivity contribution in [2.75, 3.05) is 39.4 Å². The first-order valence-corrected chi connectivity index (χ1v) is 12.5. The van der Waals surface area contributed by atoms with Crippen molar-refractivity contribution in [3.8, 4) is 11.3 Å². The molecule has 1 aliphatic rings. The predicted octanol–water partition coefficient (Wildman–Crippen LogP) is 4.86. The second-order valence-corrected chi connectivity index (χ2v) is 9.09. The highest BCUT2D eigenvalue weighted by Crippen LogP contribution is 2.30. The zero-order valence-corrected chi connectivity index (χ0v) is 21.1. The van der Waals surface area contributed by atoms with E-state index in [4.69, 9.17) is 32.4 Å². The molecule has 2 N–H and O–H groups in total. The molecule has 4 rings (SSSR count). The number of carbonyl (C=O) groups excluding carboxylic acids is 2. The summed E-state index contributed by atoms with van der Waals surface area (Å²) in [6.45, 7) is 4.60. The molecular formula is C27H27Cl2N3O4. The number of nitrogens with zero attached hydrogens (tertiary/aromatic N) is 1. The number of morpholine rings is 1. The van der Waals surface area contributed by atoms with Gasteiger partial charge in [0, 0.05) is 36.8 Å². The van der Waals surface area contributed by atoms with Crippen molar-refractivity contribution < 1.29 is 18.7 Å². The molecule has 2 heterocycles. The van der Waals surface area contributed by atoms with E-state index in [-0.39, 0.29) is 11.6 Å². The summed E-state index contributed by atoms with van der Waals surface area (Å²) in [4.78, 5) is 28.1. The number of rotatable bonds is 9. The molecule has 2 amide bonds. The molecule has 0 aliphatic carbocycles. The number of ether oxygens (including phenoxy) is 1. The number of nitrogens with one attached hydrogen (secondary N) is 2. The summed E-state index contributed by atoms with van der Waals surface area (Å²) in [5.74, 6) is 0.178. The van der Waals surface area contributed by atoms with Crippen molar-refractivity contribution in [2.45, 2.75) is 6.42 Å². The van der Waals surface area contributed by atoms with Crippen molar-refractivity contribution in [1.29, 1.82) is 0 Å². The fourth-order valence-electron chi connectivity index (χ4n) is 3.74. The van der Waals surface area contributed by atoms with E-state index in [1.54, 1.807) is 54.6 Å². The molecule has 1 fully saturated rings. The lowest BCUT2D eigenvalue weighted by atomic mass is 10.2. The van der Waals surface area contributed by atoms with E-state index in [2.05, 4.69) is 15.5 Å². The number of hydrogen-bond acceptors (Lipinski definition) is 5. The van der Waals surface area contributed by atoms with E-state index < -0.39 is 5.91 Å². The van der Waals surface area contributed by atoms with E-state index >= 15 is 0 Å². The van der Waals surface area contributed by atoms with Crippen LogP contribution in [0.2, 0.25) is 10.0 Å². The minimum absolute atomic E-state index is 0.0882. The molecule has 0 spiro atoms. The highest BCUT2D eigenvalue weighted by atomic mass is 35.5. The Balaban J connectivity index is 1.47. The van der Waals surface area contributed by atoms with Crippen LogP contribution < -0.4 is 10.6 Å². The molecule has 2 aromatic carbocycles. The van der Waals surface area contributed by atoms with Crippen LogP contribution in [0.3, 0.4) is 0 Å². The van der Waals surface area contributed by atoms with E-state index in [0.717, 1.165) is 44.8 Å². The van der Waals surface area contributed by atoms with E-state index in [1.807, 2.05) is 6.07 Å². The number of hydrogen-bond donors (Lipinski definition) is 2. The average molecular weight is 528 g/mol. The summed E-state index contributed by atoms with van der Waals surface area (Å²) < 4.78 is 11.3. The number of halogens is 2. The number of carbonyl (C=O) groups is 2. The molecule has 0 saturated carbocycles. The Morgan fingerprint density at radius 1 is 0.972 bits per heavy atom. The number of amides is 2. The second-order valence-electron chi connectivity index (χ2n) is 8.27. The summed E-state index contributed by atoms with van der Waals surface area (Å²) in [6, 6.07) is 17.4. The molecule has 188 valence electrons. The fourth-order valence-corrected chi connectivity index (χ4v) is 4.04. The van der Waals surface area contributed by atoms with Crippen LogP contribution in [-0.4, -0.2) is 56.1 Å². The van der Waals surface area contributed by atoms with Gasteiger partial charge in [-0.3, -0.25) is 14.5 Å². The van der Waals surface area contributed by atoms with Crippen molar-refractivity contribution in [1.82, 2.24) is 15.5 Å². The summed E-state index contributed by atoms with van der Waals surface area (Å²) in [5, 5.41) is 6.48. The quantitative estimate of drug-likeness (QED) is 0.306. The molecule has 0 radical (unpaired) electrons. The molecule has 1 aromatic heterocycles. The number of benzene rings is 2. The van der Waals surface area contributed by atoms with Gasteiger partial charge >= 0.3 is 0 Å². The third-order valence-corrected chi connectivity index (χ3v) is 6.43. The van der Waals surface area contributed by atoms with Gasteiger partial charge in [-0.1, -0.05) is 41.4 Å². The summed E-state index contributed by atoms with van der Waals surface area (Å²) in [6.07, 6.45) is 2.30. The molecule has 1 saturated heterocycles. The normalized spacial score (nSPS) is 14.4. The molecule has 3 aromatic rings. The molecular weight excluding hydrogens is 501 g/mol. The van der Waals surface area contributed by atoms with Crippen LogP contribution in [-0.2, 0) is 9.53 Å². The van der Waals surface area contributed by atoms with E-state index in [0.29, 0.717) is 33.7 Å². The van der Waals surface area contributed by atoms with Crippen LogP contribution in [0.4, 0.5) is 0 Å². The van der Waals surface area contributed by atoms with Gasteiger partial charge in [-0.05, 0) is 55.4 Å². The maximum atomic E-state index is 13.0. The van der Waals surface area contributed by atoms with Gasteiger partial charge in [-0.25, -0.2) is 0 Å². The maximum absolute atomic E-state index is 13.0. The van der Waals surface area contributed by atoms with Crippen LogP contribution in [0.15, 0.2) is 70.8 Å². The third-order valence-electron chi connectivity index (χ3n) is 5.69. The van der Waals surface area contributed by atoms with Gasteiger partial charge in [-0.2, -0.15) is 0 Å². The Labute approximate surface area is 220 Å². The first kappa shape index (κ1) is 26.0. The highest BCUT2D eigenvalue weighted by molar-refractivity contribution is 6.42. The predicted molar refractivity (Wildman–Crippen MR) is 141 cm³/mol. The largest absolute Gasteiger partial charge is 0.457 e. The molecule has 1 aliphatic heterocycles. The molecule has 9 heteroatoms. The minimum atomic E-state index is -0.395. The van der Waals surface area contributed by atoms with Crippen molar-refractivity contribution in [2.24, 2.45) is 0 Å². The van der Waals surface area contributed by atoms with Gasteiger partial charge in [0.15, 0.2) is 0 Å². The zero-order chi connectivity index (χ0) is 25.3. The van der Waals surface area contributed by atoms with Crippen LogP contribution in [0.25, 0.3) is 17.4 Å². The second kappa shape index (κ2) is 12.7. The van der Waals surface area contributed by atoms with Gasteiger partial charge < -0.3 is 19.8 Å². The van der Waals surface area contributed by atoms with E-state index in [9.17, 15) is 9.59 Å². The first-order chi connectivity index (χ1) is 17.5. The van der Waals surface area contributed by atoms with Crippen molar-refractivity contribution >= 4 is 41.1 Å². The lowest BCUT2D eigenvalue weighted by Gasteiger charge is -2.26. The minimum Gasteiger partial charge on any atom is -0.457 e. The summed E-state index contributed by atoms with van der Waals surface area (Å²) in [5.41, 5.74) is 1.27. The topological polar surface area (TPSA) is 83.8 Å². The Kier molecular flexibility index (Phi) is 9.19. The first-order valence-electron chi connectivity index (χ1n) is 11.7. The van der Waals surface area contributed by atoms with Crippen molar-refractivity contribution in [3.05, 3.63) is 87.7 Å². The smallest absolute Gasteiger partial charge is 0.267 e.